The maximum atomic E-state index is 13.8. The molecule has 296 valence electrons. The molecule has 20 heteroatoms. The van der Waals surface area contributed by atoms with Gasteiger partial charge in [0.25, 0.3) is 11.4 Å². The summed E-state index contributed by atoms with van der Waals surface area (Å²) in [4.78, 5) is 66.0. The molecule has 0 aromatic heterocycles. The Hall–Kier alpha value is -5.02. The Morgan fingerprint density at radius 3 is 2.02 bits per heavy atom. The summed E-state index contributed by atoms with van der Waals surface area (Å²) in [5.74, 6) is -1.91. The van der Waals surface area contributed by atoms with E-state index in [2.05, 4.69) is 0 Å². The van der Waals surface area contributed by atoms with E-state index in [1.54, 1.807) is 17.0 Å². The summed E-state index contributed by atoms with van der Waals surface area (Å²) < 4.78 is 34.8. The second-order valence-electron chi connectivity index (χ2n) is 13.6. The number of aliphatic hydroxyl groups excluding tert-OH is 1. The fraction of sp³-hybridized carbons (Fsp3) is 0.361. The highest BCUT2D eigenvalue weighted by Gasteiger charge is 2.60. The molecule has 0 unspecified atom stereocenters. The van der Waals surface area contributed by atoms with Gasteiger partial charge in [-0.15, -0.1) is 23.5 Å². The zero-order valence-electron chi connectivity index (χ0n) is 30.0. The lowest BCUT2D eigenvalue weighted by Gasteiger charge is -2.46. The van der Waals surface area contributed by atoms with Gasteiger partial charge in [0, 0.05) is 63.6 Å². The largest absolute Gasteiger partial charge is 0.456 e. The van der Waals surface area contributed by atoms with Crippen LogP contribution in [0.4, 0.5) is 16.2 Å². The number of nitrogens with two attached hydrogens (primary N) is 1. The Morgan fingerprint density at radius 2 is 1.50 bits per heavy atom. The van der Waals surface area contributed by atoms with Crippen molar-refractivity contribution in [2.45, 2.75) is 66.7 Å². The summed E-state index contributed by atoms with van der Waals surface area (Å²) in [5.41, 5.74) is 0.859. The number of likely N-dealkylation sites (tertiary alicyclic amines) is 1. The molecule has 6 rings (SSSR count). The van der Waals surface area contributed by atoms with E-state index in [0.29, 0.717) is 28.2 Å². The lowest BCUT2D eigenvalue weighted by molar-refractivity contribution is -0.385. The first kappa shape index (κ1) is 40.6. The third-order valence-corrected chi connectivity index (χ3v) is 13.4. The molecule has 56 heavy (non-hydrogen) atoms. The van der Waals surface area contributed by atoms with Gasteiger partial charge >= 0.3 is 12.1 Å². The monoisotopic (exact) mass is 827 g/mol. The topological polar surface area (TPSA) is 243 Å². The number of carbonyl (C=O) groups is 3. The number of nitro benzene ring substituents is 2. The minimum Gasteiger partial charge on any atom is -0.456 e. The van der Waals surface area contributed by atoms with Crippen molar-refractivity contribution < 1.29 is 47.2 Å². The number of non-ortho nitro benzene ring substituents is 2. The van der Waals surface area contributed by atoms with Crippen LogP contribution >= 0.6 is 23.5 Å². The number of hydrogen-bond donors (Lipinski definition) is 2. The molecule has 3 aliphatic rings. The van der Waals surface area contributed by atoms with E-state index in [-0.39, 0.29) is 52.9 Å². The fourth-order valence-corrected chi connectivity index (χ4v) is 10.1. The van der Waals surface area contributed by atoms with E-state index in [0.717, 1.165) is 4.90 Å². The molecule has 3 heterocycles. The van der Waals surface area contributed by atoms with Gasteiger partial charge in [0.1, 0.15) is 18.9 Å². The average molecular weight is 828 g/mol. The van der Waals surface area contributed by atoms with Crippen LogP contribution in [0.3, 0.4) is 0 Å². The van der Waals surface area contributed by atoms with Crippen molar-refractivity contribution >= 4 is 62.9 Å². The zero-order chi connectivity index (χ0) is 40.5. The van der Waals surface area contributed by atoms with Crippen molar-refractivity contribution in [3.05, 3.63) is 115 Å². The third kappa shape index (κ3) is 8.68. The number of thioether (sulfide) groups is 2. The summed E-state index contributed by atoms with van der Waals surface area (Å²) >= 11 is 2.73. The molecule has 2 amide bonds. The van der Waals surface area contributed by atoms with E-state index >= 15 is 0 Å². The number of rotatable bonds is 14. The summed E-state index contributed by atoms with van der Waals surface area (Å²) in [7, 11) is -3.89. The molecule has 2 fully saturated rings. The van der Waals surface area contributed by atoms with Gasteiger partial charge in [0.2, 0.25) is 15.9 Å². The van der Waals surface area contributed by atoms with Crippen LogP contribution < -0.4 is 5.14 Å². The number of amides is 2. The second-order valence-corrected chi connectivity index (χ2v) is 17.6. The summed E-state index contributed by atoms with van der Waals surface area (Å²) in [6.07, 6.45) is -1.16. The minimum absolute atomic E-state index is 0.0438. The van der Waals surface area contributed by atoms with Gasteiger partial charge in [-0.3, -0.25) is 25.0 Å². The van der Waals surface area contributed by atoms with E-state index in [4.69, 9.17) is 14.6 Å². The molecule has 0 spiro atoms. The fourth-order valence-electron chi connectivity index (χ4n) is 6.98. The van der Waals surface area contributed by atoms with Crippen molar-refractivity contribution in [2.75, 3.05) is 12.3 Å². The van der Waals surface area contributed by atoms with Gasteiger partial charge in [0.15, 0.2) is 0 Å². The number of nitrogens with zero attached hydrogens (tertiary/aromatic N) is 4. The van der Waals surface area contributed by atoms with Crippen LogP contribution in [-0.2, 0) is 42.3 Å². The second kappa shape index (κ2) is 16.6. The van der Waals surface area contributed by atoms with Gasteiger partial charge in [0.05, 0.1) is 32.8 Å². The van der Waals surface area contributed by atoms with Crippen LogP contribution in [-0.4, -0.2) is 86.9 Å². The predicted octanol–water partition coefficient (Wildman–Crippen LogP) is 4.57. The highest BCUT2D eigenvalue weighted by atomic mass is 32.2. The molecule has 0 aliphatic carbocycles. The number of benzene rings is 3. The summed E-state index contributed by atoms with van der Waals surface area (Å²) in [5, 5.41) is 37.5. The van der Waals surface area contributed by atoms with Gasteiger partial charge in [-0.1, -0.05) is 6.92 Å². The first-order valence-corrected chi connectivity index (χ1v) is 20.7. The van der Waals surface area contributed by atoms with Crippen molar-refractivity contribution in [3.63, 3.8) is 0 Å². The molecular formula is C36H37N5O12S3. The quantitative estimate of drug-likeness (QED) is 0.0744. The molecule has 17 nitrogen and oxygen atoms in total. The number of β-lactam (4-membered cyclic amide) rings is 1. The smallest absolute Gasteiger partial charge is 0.410 e. The van der Waals surface area contributed by atoms with E-state index in [1.165, 1.54) is 96.0 Å². The first-order chi connectivity index (χ1) is 26.5. The highest BCUT2D eigenvalue weighted by molar-refractivity contribution is 8.03. The lowest BCUT2D eigenvalue weighted by Crippen LogP contribution is -2.63. The molecule has 3 N–H and O–H groups in total. The van der Waals surface area contributed by atoms with E-state index in [9.17, 15) is 48.1 Å². The maximum Gasteiger partial charge on any atom is 0.410 e. The van der Waals surface area contributed by atoms with Crippen LogP contribution in [0.25, 0.3) is 0 Å². The van der Waals surface area contributed by atoms with E-state index in [1.807, 2.05) is 6.92 Å². The Bertz CT molecular complexity index is 2170. The van der Waals surface area contributed by atoms with Crippen LogP contribution in [0.2, 0.25) is 0 Å². The summed E-state index contributed by atoms with van der Waals surface area (Å²) in [6, 6.07) is 16.3. The van der Waals surface area contributed by atoms with Crippen LogP contribution in [0.1, 0.15) is 31.4 Å². The zero-order valence-corrected chi connectivity index (χ0v) is 32.4. The van der Waals surface area contributed by atoms with Gasteiger partial charge in [-0.2, -0.15) is 0 Å². The van der Waals surface area contributed by atoms with Crippen LogP contribution in [0.15, 0.2) is 93.2 Å². The Balaban J connectivity index is 1.22. The standard InChI is InChI=1S/C36H37N5O12S3/c1-20-31-30(21(2)42)34(43)39(31)32(35(44)52-17-22-3-7-24(8-4-22)40(46)47)33(20)55-28-15-26(19-54-27-11-13-29(14-12-27)56(37,50)51)38(16-28)36(45)53-18-23-5-9-25(10-6-23)41(48)49/h3-14,20-21,26,28,30-31,42H,15-19H2,1-2H3,(H2,37,50,51)/t20-,21-,26+,28+,30-,31-/m1/s1. The number of esters is 1. The minimum atomic E-state index is -3.89. The Labute approximate surface area is 329 Å². The molecule has 3 aromatic carbocycles. The maximum absolute atomic E-state index is 13.8. The van der Waals surface area contributed by atoms with Gasteiger partial charge in [-0.25, -0.2) is 23.1 Å². The van der Waals surface area contributed by atoms with Crippen molar-refractivity contribution in [3.8, 4) is 0 Å². The molecular weight excluding hydrogens is 791 g/mol. The SMILES string of the molecule is C[C@@H](O)[C@H]1C(=O)N2C(C(=O)OCc3ccc([N+](=O)[O-])cc3)=C(S[C@H]3C[C@@H](CSc4ccc(S(N)(=O)=O)cc4)N(C(=O)OCc4ccc([N+](=O)[O-])cc4)C3)[C@H](C)[C@H]12. The van der Waals surface area contributed by atoms with Crippen molar-refractivity contribution in [1.29, 1.82) is 0 Å². The molecule has 0 radical (unpaired) electrons. The predicted molar refractivity (Wildman–Crippen MR) is 203 cm³/mol. The molecule has 3 aromatic rings. The first-order valence-electron chi connectivity index (χ1n) is 17.3. The number of nitro groups is 2. The van der Waals surface area contributed by atoms with Crippen molar-refractivity contribution in [2.24, 2.45) is 17.0 Å². The van der Waals surface area contributed by atoms with E-state index < -0.39 is 61.9 Å². The van der Waals surface area contributed by atoms with Crippen LogP contribution in [0, 0.1) is 32.1 Å². The molecule has 0 bridgehead atoms. The Kier molecular flexibility index (Phi) is 12.0. The Morgan fingerprint density at radius 1 is 0.946 bits per heavy atom. The normalized spacial score (nSPS) is 22.4. The van der Waals surface area contributed by atoms with Crippen molar-refractivity contribution in [1.82, 2.24) is 9.80 Å². The van der Waals surface area contributed by atoms with Crippen LogP contribution in [0.5, 0.6) is 0 Å². The molecule has 0 saturated carbocycles. The molecule has 2 saturated heterocycles. The number of aliphatic hydroxyl groups is 1. The summed E-state index contributed by atoms with van der Waals surface area (Å²) in [6.45, 7) is 3.22. The number of ether oxygens (including phenoxy) is 2. The average Bonchev–Trinajstić information content (AvgIpc) is 3.67. The third-order valence-electron chi connectivity index (χ3n) is 9.83. The number of primary sulfonamides is 1. The number of sulfonamides is 1. The lowest BCUT2D eigenvalue weighted by atomic mass is 9.79. The van der Waals surface area contributed by atoms with Gasteiger partial charge in [-0.05, 0) is 73.0 Å². The number of hydrogen-bond acceptors (Lipinski definition) is 14. The van der Waals surface area contributed by atoms with Gasteiger partial charge < -0.3 is 24.4 Å². The highest BCUT2D eigenvalue weighted by Crippen LogP contribution is 2.52. The molecule has 3 aliphatic heterocycles. The number of carbonyl (C=O) groups excluding carboxylic acids is 3. The number of fused-ring (bicyclic) bond motifs is 1. The molecule has 6 atom stereocenters.